The van der Waals surface area contributed by atoms with Crippen molar-refractivity contribution in [1.29, 1.82) is 0 Å². The van der Waals surface area contributed by atoms with Crippen LogP contribution < -0.4 is 14.4 Å². The SMILES string of the molecule is COc1ccc(N2CCN(Cc3c(O)ccc4c3O/C(=C\c3sccc3C)C4=O)CC2)cc1. The van der Waals surface area contributed by atoms with Gasteiger partial charge in [-0.15, -0.1) is 11.3 Å². The number of allylic oxidation sites excluding steroid dienone is 1. The van der Waals surface area contributed by atoms with Crippen molar-refractivity contribution in [2.75, 3.05) is 38.2 Å². The van der Waals surface area contributed by atoms with Crippen LogP contribution in [0.25, 0.3) is 6.08 Å². The van der Waals surface area contributed by atoms with Crippen LogP contribution in [0.4, 0.5) is 5.69 Å². The molecule has 0 saturated carbocycles. The first-order valence-corrected chi connectivity index (χ1v) is 11.9. The Kier molecular flexibility index (Phi) is 5.83. The molecule has 0 spiro atoms. The number of ether oxygens (including phenoxy) is 2. The normalized spacial score (nSPS) is 17.3. The van der Waals surface area contributed by atoms with Crippen molar-refractivity contribution in [1.82, 2.24) is 4.90 Å². The number of thiophene rings is 1. The smallest absolute Gasteiger partial charge is 0.232 e. The third-order valence-electron chi connectivity index (χ3n) is 6.27. The van der Waals surface area contributed by atoms with E-state index in [1.54, 1.807) is 36.7 Å². The van der Waals surface area contributed by atoms with E-state index in [1.807, 2.05) is 30.5 Å². The molecule has 0 unspecified atom stereocenters. The summed E-state index contributed by atoms with van der Waals surface area (Å²) in [5.41, 5.74) is 3.47. The summed E-state index contributed by atoms with van der Waals surface area (Å²) in [7, 11) is 1.67. The van der Waals surface area contributed by atoms with Gasteiger partial charge < -0.3 is 19.5 Å². The van der Waals surface area contributed by atoms with Gasteiger partial charge in [-0.3, -0.25) is 9.69 Å². The first-order valence-electron chi connectivity index (χ1n) is 11.0. The van der Waals surface area contributed by atoms with Crippen molar-refractivity contribution in [3.8, 4) is 17.2 Å². The fourth-order valence-electron chi connectivity index (χ4n) is 4.28. The molecule has 0 bridgehead atoms. The second-order valence-electron chi connectivity index (χ2n) is 8.31. The number of piperazine rings is 1. The van der Waals surface area contributed by atoms with E-state index in [0.29, 0.717) is 29.2 Å². The van der Waals surface area contributed by atoms with Crippen molar-refractivity contribution in [2.45, 2.75) is 13.5 Å². The number of ketones is 1. The van der Waals surface area contributed by atoms with Gasteiger partial charge >= 0.3 is 0 Å². The summed E-state index contributed by atoms with van der Waals surface area (Å²) >= 11 is 1.58. The summed E-state index contributed by atoms with van der Waals surface area (Å²) in [6, 6.07) is 13.4. The summed E-state index contributed by atoms with van der Waals surface area (Å²) in [6.07, 6.45) is 1.80. The molecule has 2 aromatic carbocycles. The number of methoxy groups -OCH3 is 1. The molecule has 0 radical (unpaired) electrons. The highest BCUT2D eigenvalue weighted by atomic mass is 32.1. The number of carbonyl (C=O) groups excluding carboxylic acids is 1. The van der Waals surface area contributed by atoms with Gasteiger partial charge in [0.05, 0.1) is 18.2 Å². The number of nitrogens with zero attached hydrogens (tertiary/aromatic N) is 2. The van der Waals surface area contributed by atoms with Gasteiger partial charge in [-0.05, 0) is 60.3 Å². The molecule has 2 aliphatic heterocycles. The fraction of sp³-hybridized carbons (Fsp3) is 0.269. The van der Waals surface area contributed by atoms with Gasteiger partial charge in [-0.1, -0.05) is 0 Å². The molecular formula is C26H26N2O4S. The molecule has 5 rings (SSSR count). The molecule has 33 heavy (non-hydrogen) atoms. The van der Waals surface area contributed by atoms with E-state index in [9.17, 15) is 9.90 Å². The summed E-state index contributed by atoms with van der Waals surface area (Å²) in [5.74, 6) is 1.67. The Morgan fingerprint density at radius 2 is 1.85 bits per heavy atom. The lowest BCUT2D eigenvalue weighted by atomic mass is 10.0. The number of phenolic OH excluding ortho intramolecular Hbond substituents is 1. The van der Waals surface area contributed by atoms with Crippen LogP contribution >= 0.6 is 11.3 Å². The maximum atomic E-state index is 12.9. The Balaban J connectivity index is 1.30. The predicted molar refractivity (Wildman–Crippen MR) is 131 cm³/mol. The van der Waals surface area contributed by atoms with Crippen LogP contribution in [-0.4, -0.2) is 49.1 Å². The molecule has 3 aromatic rings. The van der Waals surface area contributed by atoms with Crippen molar-refractivity contribution in [3.63, 3.8) is 0 Å². The number of fused-ring (bicyclic) bond motifs is 1. The molecule has 0 aliphatic carbocycles. The number of hydrogen-bond acceptors (Lipinski definition) is 7. The monoisotopic (exact) mass is 462 g/mol. The van der Waals surface area contributed by atoms with Crippen LogP contribution in [0.5, 0.6) is 17.2 Å². The van der Waals surface area contributed by atoms with Gasteiger partial charge in [0.15, 0.2) is 5.76 Å². The molecular weight excluding hydrogens is 436 g/mol. The number of benzene rings is 2. The van der Waals surface area contributed by atoms with Gasteiger partial charge in [-0.2, -0.15) is 0 Å². The second-order valence-corrected chi connectivity index (χ2v) is 9.26. The predicted octanol–water partition coefficient (Wildman–Crippen LogP) is 4.71. The lowest BCUT2D eigenvalue weighted by molar-refractivity contribution is 0.101. The first-order chi connectivity index (χ1) is 16.0. The van der Waals surface area contributed by atoms with Gasteiger partial charge in [0.1, 0.15) is 17.2 Å². The van der Waals surface area contributed by atoms with E-state index >= 15 is 0 Å². The summed E-state index contributed by atoms with van der Waals surface area (Å²) < 4.78 is 11.3. The van der Waals surface area contributed by atoms with E-state index in [0.717, 1.165) is 42.4 Å². The minimum absolute atomic E-state index is 0.136. The van der Waals surface area contributed by atoms with Crippen LogP contribution in [0.1, 0.15) is 26.4 Å². The molecule has 1 saturated heterocycles. The molecule has 0 amide bonds. The topological polar surface area (TPSA) is 62.2 Å². The average molecular weight is 463 g/mol. The van der Waals surface area contributed by atoms with Crippen molar-refractivity contribution < 1.29 is 19.4 Å². The number of anilines is 1. The molecule has 3 heterocycles. The Hall–Kier alpha value is -3.29. The molecule has 1 N–H and O–H groups in total. The van der Waals surface area contributed by atoms with Crippen LogP contribution in [0, 0.1) is 6.92 Å². The van der Waals surface area contributed by atoms with Gasteiger partial charge in [0.2, 0.25) is 5.78 Å². The van der Waals surface area contributed by atoms with Crippen LogP contribution in [0.15, 0.2) is 53.6 Å². The Bertz CT molecular complexity index is 1210. The fourth-order valence-corrected chi connectivity index (χ4v) is 5.13. The third kappa shape index (κ3) is 4.21. The zero-order chi connectivity index (χ0) is 22.9. The number of aryl methyl sites for hydroxylation is 1. The molecule has 170 valence electrons. The Labute approximate surface area is 197 Å². The second kappa shape index (κ2) is 8.92. The lowest BCUT2D eigenvalue weighted by Crippen LogP contribution is -2.46. The number of phenols is 1. The molecule has 6 nitrogen and oxygen atoms in total. The zero-order valence-corrected chi connectivity index (χ0v) is 19.5. The molecule has 1 aromatic heterocycles. The number of carbonyl (C=O) groups is 1. The standard InChI is InChI=1S/C26H26N2O4S/c1-17-9-14-33-24(17)15-23-25(30)20-7-8-22(29)21(26(20)32-23)16-27-10-12-28(13-11-27)18-3-5-19(31-2)6-4-18/h3-9,14-15,29H,10-13,16H2,1-2H3/b23-15-. The molecule has 0 atom stereocenters. The number of hydrogen-bond donors (Lipinski definition) is 1. The van der Waals surface area contributed by atoms with Crippen LogP contribution in [0.2, 0.25) is 0 Å². The number of rotatable bonds is 5. The Morgan fingerprint density at radius 1 is 1.09 bits per heavy atom. The van der Waals surface area contributed by atoms with E-state index in [4.69, 9.17) is 9.47 Å². The maximum absolute atomic E-state index is 12.9. The number of Topliss-reactive ketones (excluding diaryl/α,β-unsaturated/α-hetero) is 1. The van der Waals surface area contributed by atoms with E-state index in [-0.39, 0.29) is 11.5 Å². The molecule has 1 fully saturated rings. The van der Waals surface area contributed by atoms with Crippen molar-refractivity contribution in [2.24, 2.45) is 0 Å². The minimum atomic E-state index is -0.136. The summed E-state index contributed by atoms with van der Waals surface area (Å²) in [6.45, 7) is 6.00. The quantitative estimate of drug-likeness (QED) is 0.554. The highest BCUT2D eigenvalue weighted by molar-refractivity contribution is 7.11. The summed E-state index contributed by atoms with van der Waals surface area (Å²) in [4.78, 5) is 18.6. The van der Waals surface area contributed by atoms with Crippen molar-refractivity contribution >= 4 is 28.9 Å². The number of aromatic hydroxyl groups is 1. The average Bonchev–Trinajstić information content (AvgIpc) is 3.39. The largest absolute Gasteiger partial charge is 0.507 e. The maximum Gasteiger partial charge on any atom is 0.232 e. The van der Waals surface area contributed by atoms with Crippen molar-refractivity contribution in [3.05, 3.63) is 75.2 Å². The summed E-state index contributed by atoms with van der Waals surface area (Å²) in [5, 5.41) is 12.6. The van der Waals surface area contributed by atoms with Gasteiger partial charge in [0, 0.05) is 49.4 Å². The van der Waals surface area contributed by atoms with Gasteiger partial charge in [-0.25, -0.2) is 0 Å². The molecule has 2 aliphatic rings. The highest BCUT2D eigenvalue weighted by Gasteiger charge is 2.32. The Morgan fingerprint density at radius 3 is 2.52 bits per heavy atom. The highest BCUT2D eigenvalue weighted by Crippen LogP contribution is 2.40. The minimum Gasteiger partial charge on any atom is -0.507 e. The van der Waals surface area contributed by atoms with E-state index in [1.165, 1.54) is 5.69 Å². The van der Waals surface area contributed by atoms with Crippen LogP contribution in [-0.2, 0) is 6.54 Å². The first kappa shape index (κ1) is 21.6. The van der Waals surface area contributed by atoms with E-state index < -0.39 is 0 Å². The zero-order valence-electron chi connectivity index (χ0n) is 18.7. The van der Waals surface area contributed by atoms with Gasteiger partial charge in [0.25, 0.3) is 0 Å². The third-order valence-corrected chi connectivity index (χ3v) is 7.24. The molecule has 7 heteroatoms. The van der Waals surface area contributed by atoms with E-state index in [2.05, 4.69) is 21.9 Å². The van der Waals surface area contributed by atoms with Crippen LogP contribution in [0.3, 0.4) is 0 Å². The lowest BCUT2D eigenvalue weighted by Gasteiger charge is -2.36.